The highest BCUT2D eigenvalue weighted by Crippen LogP contribution is 2.24. The second kappa shape index (κ2) is 6.62. The molecule has 130 valence electrons. The van der Waals surface area contributed by atoms with Crippen molar-refractivity contribution in [3.8, 4) is 0 Å². The first-order chi connectivity index (χ1) is 12.2. The van der Waals surface area contributed by atoms with E-state index in [4.69, 9.17) is 0 Å². The maximum absolute atomic E-state index is 12.8. The Morgan fingerprint density at radius 1 is 1.12 bits per heavy atom. The molecule has 25 heavy (non-hydrogen) atoms. The van der Waals surface area contributed by atoms with Crippen molar-refractivity contribution in [3.05, 3.63) is 42.0 Å². The van der Waals surface area contributed by atoms with Crippen LogP contribution in [0.2, 0.25) is 0 Å². The van der Waals surface area contributed by atoms with E-state index in [0.29, 0.717) is 18.7 Å². The number of amides is 2. The number of hydrogen-bond acceptors (Lipinski definition) is 5. The molecule has 2 aromatic heterocycles. The molecule has 0 spiro atoms. The molecule has 1 N–H and O–H groups in total. The molecule has 8 nitrogen and oxygen atoms in total. The van der Waals surface area contributed by atoms with Gasteiger partial charge in [-0.1, -0.05) is 12.8 Å². The van der Waals surface area contributed by atoms with Crippen LogP contribution in [0.3, 0.4) is 0 Å². The van der Waals surface area contributed by atoms with Crippen molar-refractivity contribution in [2.24, 2.45) is 0 Å². The molecule has 4 rings (SSSR count). The van der Waals surface area contributed by atoms with E-state index >= 15 is 0 Å². The summed E-state index contributed by atoms with van der Waals surface area (Å²) in [5.74, 6) is -0.219. The summed E-state index contributed by atoms with van der Waals surface area (Å²) in [7, 11) is 0. The van der Waals surface area contributed by atoms with Crippen molar-refractivity contribution in [2.75, 3.05) is 6.54 Å². The van der Waals surface area contributed by atoms with Gasteiger partial charge in [-0.05, 0) is 25.0 Å². The number of nitrogens with one attached hydrogen (secondary N) is 1. The van der Waals surface area contributed by atoms with Crippen LogP contribution in [-0.4, -0.2) is 49.3 Å². The molecule has 2 amide bonds. The maximum atomic E-state index is 12.8. The Balaban J connectivity index is 1.55. The van der Waals surface area contributed by atoms with Gasteiger partial charge >= 0.3 is 0 Å². The van der Waals surface area contributed by atoms with E-state index in [1.54, 1.807) is 21.8 Å². The number of hydrogen-bond donors (Lipinski definition) is 1. The molecule has 0 bridgehead atoms. The summed E-state index contributed by atoms with van der Waals surface area (Å²) in [5.41, 5.74) is 1.33. The highest BCUT2D eigenvalue weighted by molar-refractivity contribution is 5.94. The fraction of sp³-hybridized carbons (Fsp3) is 0.471. The molecule has 0 radical (unpaired) electrons. The van der Waals surface area contributed by atoms with E-state index in [-0.39, 0.29) is 17.9 Å². The molecule has 1 atom stereocenters. The summed E-state index contributed by atoms with van der Waals surface area (Å²) < 4.78 is 1.73. The van der Waals surface area contributed by atoms with Gasteiger partial charge in [-0.2, -0.15) is 15.3 Å². The summed E-state index contributed by atoms with van der Waals surface area (Å²) in [6, 6.07) is 3.22. The van der Waals surface area contributed by atoms with E-state index in [0.717, 1.165) is 31.4 Å². The average molecular weight is 340 g/mol. The zero-order chi connectivity index (χ0) is 17.2. The lowest BCUT2D eigenvalue weighted by Gasteiger charge is -2.33. The molecule has 0 unspecified atom stereocenters. The average Bonchev–Trinajstić information content (AvgIpc) is 3.32. The number of rotatable bonds is 3. The first-order valence-corrected chi connectivity index (χ1v) is 8.61. The standard InChI is InChI=1S/C17H20N6O2/c24-16(21-13-3-1-2-4-13)15-11-22(10-14-6-8-20-23(14)15)17(25)12-5-7-18-19-9-12/h5-9,13,15H,1-4,10-11H2,(H,21,24)/t15-/m0/s1. The fourth-order valence-electron chi connectivity index (χ4n) is 3.61. The monoisotopic (exact) mass is 340 g/mol. The van der Waals surface area contributed by atoms with Gasteiger partial charge in [0, 0.05) is 12.2 Å². The molecule has 1 fully saturated rings. The van der Waals surface area contributed by atoms with Gasteiger partial charge in [-0.15, -0.1) is 0 Å². The van der Waals surface area contributed by atoms with Crippen molar-refractivity contribution in [1.82, 2.24) is 30.2 Å². The summed E-state index contributed by atoms with van der Waals surface area (Å²) in [5, 5.41) is 14.9. The molecule has 3 heterocycles. The van der Waals surface area contributed by atoms with Crippen LogP contribution in [0, 0.1) is 0 Å². The van der Waals surface area contributed by atoms with Gasteiger partial charge in [-0.3, -0.25) is 14.3 Å². The highest BCUT2D eigenvalue weighted by atomic mass is 16.2. The van der Waals surface area contributed by atoms with Crippen LogP contribution in [0.25, 0.3) is 0 Å². The van der Waals surface area contributed by atoms with Gasteiger partial charge in [0.15, 0.2) is 0 Å². The minimum Gasteiger partial charge on any atom is -0.351 e. The Kier molecular flexibility index (Phi) is 4.17. The summed E-state index contributed by atoms with van der Waals surface area (Å²) >= 11 is 0. The lowest BCUT2D eigenvalue weighted by molar-refractivity contribution is -0.126. The fourth-order valence-corrected chi connectivity index (χ4v) is 3.61. The van der Waals surface area contributed by atoms with E-state index in [1.165, 1.54) is 12.4 Å². The molecule has 2 aliphatic rings. The normalized spacial score (nSPS) is 20.3. The SMILES string of the molecule is O=C(NC1CCCC1)[C@@H]1CN(C(=O)c2ccnnc2)Cc2ccnn21. The Hall–Kier alpha value is -2.77. The molecular formula is C17H20N6O2. The largest absolute Gasteiger partial charge is 0.351 e. The number of fused-ring (bicyclic) bond motifs is 1. The van der Waals surface area contributed by atoms with Gasteiger partial charge in [0.05, 0.1) is 36.7 Å². The summed E-state index contributed by atoms with van der Waals surface area (Å²) in [6.07, 6.45) is 8.97. The lowest BCUT2D eigenvalue weighted by atomic mass is 10.1. The molecule has 2 aromatic rings. The van der Waals surface area contributed by atoms with Gasteiger partial charge in [0.1, 0.15) is 6.04 Å². The minimum absolute atomic E-state index is 0.0674. The van der Waals surface area contributed by atoms with Crippen molar-refractivity contribution in [3.63, 3.8) is 0 Å². The Bertz CT molecular complexity index is 768. The first kappa shape index (κ1) is 15.7. The van der Waals surface area contributed by atoms with Gasteiger partial charge in [0.25, 0.3) is 5.91 Å². The van der Waals surface area contributed by atoms with Gasteiger partial charge in [-0.25, -0.2) is 0 Å². The third-order valence-corrected chi connectivity index (χ3v) is 4.92. The Labute approximate surface area is 145 Å². The predicted octanol–water partition coefficient (Wildman–Crippen LogP) is 0.929. The number of carbonyl (C=O) groups excluding carboxylic acids is 2. The number of nitrogens with zero attached hydrogens (tertiary/aromatic N) is 5. The smallest absolute Gasteiger partial charge is 0.255 e. The molecule has 1 saturated carbocycles. The van der Waals surface area contributed by atoms with Crippen molar-refractivity contribution >= 4 is 11.8 Å². The second-order valence-electron chi connectivity index (χ2n) is 6.59. The highest BCUT2D eigenvalue weighted by Gasteiger charge is 2.34. The van der Waals surface area contributed by atoms with E-state index < -0.39 is 6.04 Å². The van der Waals surface area contributed by atoms with Crippen LogP contribution < -0.4 is 5.32 Å². The van der Waals surface area contributed by atoms with Crippen LogP contribution in [0.5, 0.6) is 0 Å². The molecule has 0 aromatic carbocycles. The molecule has 8 heteroatoms. The molecule has 0 saturated heterocycles. The number of aromatic nitrogens is 4. The maximum Gasteiger partial charge on any atom is 0.255 e. The van der Waals surface area contributed by atoms with Crippen molar-refractivity contribution in [2.45, 2.75) is 44.3 Å². The van der Waals surface area contributed by atoms with E-state index in [1.807, 2.05) is 6.07 Å². The quantitative estimate of drug-likeness (QED) is 0.897. The Morgan fingerprint density at radius 3 is 2.72 bits per heavy atom. The molecular weight excluding hydrogens is 320 g/mol. The third kappa shape index (κ3) is 3.11. The van der Waals surface area contributed by atoms with Crippen molar-refractivity contribution in [1.29, 1.82) is 0 Å². The zero-order valence-electron chi connectivity index (χ0n) is 13.8. The van der Waals surface area contributed by atoms with Crippen LogP contribution in [0.15, 0.2) is 30.7 Å². The topological polar surface area (TPSA) is 93.0 Å². The van der Waals surface area contributed by atoms with Gasteiger partial charge < -0.3 is 10.2 Å². The Morgan fingerprint density at radius 2 is 1.96 bits per heavy atom. The lowest BCUT2D eigenvalue weighted by Crippen LogP contribution is -2.48. The summed E-state index contributed by atoms with van der Waals surface area (Å²) in [4.78, 5) is 27.2. The summed E-state index contributed by atoms with van der Waals surface area (Å²) in [6.45, 7) is 0.725. The van der Waals surface area contributed by atoms with E-state index in [9.17, 15) is 9.59 Å². The minimum atomic E-state index is -0.502. The van der Waals surface area contributed by atoms with Gasteiger partial charge in [0.2, 0.25) is 5.91 Å². The van der Waals surface area contributed by atoms with Crippen LogP contribution in [0.4, 0.5) is 0 Å². The van der Waals surface area contributed by atoms with Crippen molar-refractivity contribution < 1.29 is 9.59 Å². The predicted molar refractivity (Wildman–Crippen MR) is 88.4 cm³/mol. The second-order valence-corrected chi connectivity index (χ2v) is 6.59. The zero-order valence-corrected chi connectivity index (χ0v) is 13.8. The number of carbonyl (C=O) groups is 2. The third-order valence-electron chi connectivity index (χ3n) is 4.92. The van der Waals surface area contributed by atoms with Crippen LogP contribution >= 0.6 is 0 Å². The molecule has 1 aliphatic carbocycles. The van der Waals surface area contributed by atoms with Crippen LogP contribution in [-0.2, 0) is 11.3 Å². The first-order valence-electron chi connectivity index (χ1n) is 8.61. The van der Waals surface area contributed by atoms with E-state index in [2.05, 4.69) is 20.6 Å². The van der Waals surface area contributed by atoms with Crippen LogP contribution in [0.1, 0.15) is 47.8 Å². The molecule has 1 aliphatic heterocycles.